The number of rotatable bonds is 5. The summed E-state index contributed by atoms with van der Waals surface area (Å²) < 4.78 is 5.67. The van der Waals surface area contributed by atoms with E-state index in [9.17, 15) is 0 Å². The highest BCUT2D eigenvalue weighted by molar-refractivity contribution is 5.95. The lowest BCUT2D eigenvalue weighted by molar-refractivity contribution is 0.318. The lowest BCUT2D eigenvalue weighted by atomic mass is 10.1. The summed E-state index contributed by atoms with van der Waals surface area (Å²) in [7, 11) is 0. The number of benzene rings is 1. The van der Waals surface area contributed by atoms with Crippen LogP contribution in [0.5, 0.6) is 11.5 Å². The van der Waals surface area contributed by atoms with Crippen molar-refractivity contribution in [1.29, 1.82) is 0 Å². The van der Waals surface area contributed by atoms with Gasteiger partial charge in [0.1, 0.15) is 17.2 Å². The monoisotopic (exact) mass is 271 g/mol. The minimum Gasteiger partial charge on any atom is -0.456 e. The van der Waals surface area contributed by atoms with Gasteiger partial charge in [0.15, 0.2) is 5.84 Å². The second-order valence-corrected chi connectivity index (χ2v) is 4.36. The Hall–Kier alpha value is -2.56. The molecule has 0 fully saturated rings. The summed E-state index contributed by atoms with van der Waals surface area (Å²) in [6.45, 7) is 2.15. The highest BCUT2D eigenvalue weighted by atomic mass is 16.5. The van der Waals surface area contributed by atoms with E-state index in [0.717, 1.165) is 18.6 Å². The van der Waals surface area contributed by atoms with E-state index in [1.54, 1.807) is 12.1 Å². The molecule has 0 unspecified atom stereocenters. The second kappa shape index (κ2) is 6.56. The number of oxime groups is 1. The average molecular weight is 271 g/mol. The maximum absolute atomic E-state index is 8.55. The minimum atomic E-state index is -0.0273. The Bertz CT molecular complexity index is 577. The Morgan fingerprint density at radius 2 is 1.90 bits per heavy atom. The largest absolute Gasteiger partial charge is 0.456 e. The highest BCUT2D eigenvalue weighted by Gasteiger charge is 2.02. The van der Waals surface area contributed by atoms with Crippen molar-refractivity contribution in [3.63, 3.8) is 0 Å². The molecule has 0 saturated heterocycles. The van der Waals surface area contributed by atoms with Crippen LogP contribution in [-0.2, 0) is 6.42 Å². The minimum absolute atomic E-state index is 0.0273. The molecule has 0 radical (unpaired) electrons. The zero-order valence-electron chi connectivity index (χ0n) is 11.3. The number of nitrogens with two attached hydrogens (primary N) is 1. The van der Waals surface area contributed by atoms with Crippen molar-refractivity contribution in [1.82, 2.24) is 4.98 Å². The van der Waals surface area contributed by atoms with Gasteiger partial charge in [-0.2, -0.15) is 0 Å². The van der Waals surface area contributed by atoms with Crippen molar-refractivity contribution < 1.29 is 9.94 Å². The van der Waals surface area contributed by atoms with Gasteiger partial charge in [-0.25, -0.2) is 4.98 Å². The summed E-state index contributed by atoms with van der Waals surface area (Å²) in [5, 5.41) is 11.4. The zero-order chi connectivity index (χ0) is 14.4. The Morgan fingerprint density at radius 1 is 1.20 bits per heavy atom. The molecular formula is C15H17N3O2. The van der Waals surface area contributed by atoms with Crippen LogP contribution in [-0.4, -0.2) is 16.0 Å². The first-order valence-electron chi connectivity index (χ1n) is 6.43. The summed E-state index contributed by atoms with van der Waals surface area (Å²) in [5.74, 6) is 1.33. The lowest BCUT2D eigenvalue weighted by Crippen LogP contribution is -2.14. The molecule has 0 bridgehead atoms. The third-order valence-corrected chi connectivity index (χ3v) is 2.80. The summed E-state index contributed by atoms with van der Waals surface area (Å²) in [6.07, 6.45) is 3.73. The van der Waals surface area contributed by atoms with Crippen LogP contribution in [0, 0.1) is 0 Å². The molecular weight excluding hydrogens is 254 g/mol. The molecule has 0 spiro atoms. The number of pyridine rings is 1. The van der Waals surface area contributed by atoms with E-state index in [0.29, 0.717) is 11.4 Å². The number of aryl methyl sites for hydroxylation is 1. The van der Waals surface area contributed by atoms with Gasteiger partial charge in [0, 0.05) is 0 Å². The number of hydrogen-bond acceptors (Lipinski definition) is 4. The lowest BCUT2D eigenvalue weighted by Gasteiger charge is -2.07. The fourth-order valence-corrected chi connectivity index (χ4v) is 1.79. The summed E-state index contributed by atoms with van der Waals surface area (Å²) in [4.78, 5) is 4.05. The van der Waals surface area contributed by atoms with Crippen LogP contribution < -0.4 is 10.5 Å². The Morgan fingerprint density at radius 3 is 2.45 bits per heavy atom. The molecule has 20 heavy (non-hydrogen) atoms. The summed E-state index contributed by atoms with van der Waals surface area (Å²) >= 11 is 0. The van der Waals surface area contributed by atoms with Gasteiger partial charge in [0.05, 0.1) is 6.20 Å². The fourth-order valence-electron chi connectivity index (χ4n) is 1.79. The SMILES string of the molecule is CCCc1ccc(Oc2ccc(/C(N)=N/O)nc2)cc1. The van der Waals surface area contributed by atoms with Gasteiger partial charge in [-0.15, -0.1) is 0 Å². The molecule has 0 amide bonds. The van der Waals surface area contributed by atoms with Gasteiger partial charge in [-0.1, -0.05) is 30.6 Å². The van der Waals surface area contributed by atoms with E-state index in [2.05, 4.69) is 29.2 Å². The normalized spacial score (nSPS) is 11.3. The van der Waals surface area contributed by atoms with Gasteiger partial charge >= 0.3 is 0 Å². The van der Waals surface area contributed by atoms with Gasteiger partial charge < -0.3 is 15.7 Å². The number of ether oxygens (including phenoxy) is 1. The van der Waals surface area contributed by atoms with Crippen LogP contribution in [0.3, 0.4) is 0 Å². The van der Waals surface area contributed by atoms with Gasteiger partial charge in [-0.05, 0) is 36.2 Å². The zero-order valence-corrected chi connectivity index (χ0v) is 11.3. The predicted molar refractivity (Wildman–Crippen MR) is 77.3 cm³/mol. The molecule has 2 aromatic rings. The van der Waals surface area contributed by atoms with E-state index in [4.69, 9.17) is 15.7 Å². The third kappa shape index (κ3) is 3.47. The maximum atomic E-state index is 8.55. The van der Waals surface area contributed by atoms with Crippen molar-refractivity contribution >= 4 is 5.84 Å². The molecule has 3 N–H and O–H groups in total. The molecule has 0 saturated carbocycles. The second-order valence-electron chi connectivity index (χ2n) is 4.36. The Labute approximate surface area is 117 Å². The molecule has 5 heteroatoms. The number of amidine groups is 1. The van der Waals surface area contributed by atoms with Crippen LogP contribution in [0.15, 0.2) is 47.8 Å². The van der Waals surface area contributed by atoms with Crippen molar-refractivity contribution in [2.45, 2.75) is 19.8 Å². The molecule has 1 heterocycles. The first kappa shape index (κ1) is 13.9. The van der Waals surface area contributed by atoms with Crippen LogP contribution in [0.1, 0.15) is 24.6 Å². The number of hydrogen-bond donors (Lipinski definition) is 2. The molecule has 0 aliphatic heterocycles. The topological polar surface area (TPSA) is 80.7 Å². The average Bonchev–Trinajstić information content (AvgIpc) is 2.49. The molecule has 2 rings (SSSR count). The van der Waals surface area contributed by atoms with Crippen molar-refractivity contribution in [3.8, 4) is 11.5 Å². The van der Waals surface area contributed by atoms with Crippen LogP contribution >= 0.6 is 0 Å². The van der Waals surface area contributed by atoms with E-state index < -0.39 is 0 Å². The molecule has 104 valence electrons. The van der Waals surface area contributed by atoms with E-state index in [1.165, 1.54) is 11.8 Å². The molecule has 0 atom stereocenters. The van der Waals surface area contributed by atoms with E-state index in [-0.39, 0.29) is 5.84 Å². The summed E-state index contributed by atoms with van der Waals surface area (Å²) in [6, 6.07) is 11.3. The molecule has 1 aromatic carbocycles. The molecule has 0 aliphatic rings. The quantitative estimate of drug-likeness (QED) is 0.379. The molecule has 0 aliphatic carbocycles. The van der Waals surface area contributed by atoms with Gasteiger partial charge in [0.2, 0.25) is 0 Å². The van der Waals surface area contributed by atoms with Crippen molar-refractivity contribution in [2.24, 2.45) is 10.9 Å². The molecule has 1 aromatic heterocycles. The number of nitrogens with zero attached hydrogens (tertiary/aromatic N) is 2. The maximum Gasteiger partial charge on any atom is 0.188 e. The van der Waals surface area contributed by atoms with Crippen LogP contribution in [0.4, 0.5) is 0 Å². The Kier molecular flexibility index (Phi) is 4.55. The van der Waals surface area contributed by atoms with Crippen molar-refractivity contribution in [2.75, 3.05) is 0 Å². The van der Waals surface area contributed by atoms with Crippen LogP contribution in [0.25, 0.3) is 0 Å². The van der Waals surface area contributed by atoms with E-state index in [1.807, 2.05) is 12.1 Å². The van der Waals surface area contributed by atoms with E-state index >= 15 is 0 Å². The first-order valence-corrected chi connectivity index (χ1v) is 6.43. The predicted octanol–water partition coefficient (Wildman–Crippen LogP) is 2.92. The molecule has 5 nitrogen and oxygen atoms in total. The smallest absolute Gasteiger partial charge is 0.188 e. The third-order valence-electron chi connectivity index (χ3n) is 2.80. The number of aromatic nitrogens is 1. The summed E-state index contributed by atoms with van der Waals surface area (Å²) in [5.41, 5.74) is 7.13. The van der Waals surface area contributed by atoms with Gasteiger partial charge in [-0.3, -0.25) is 0 Å². The first-order chi connectivity index (χ1) is 9.72. The fraction of sp³-hybridized carbons (Fsp3) is 0.200. The highest BCUT2D eigenvalue weighted by Crippen LogP contribution is 2.21. The Balaban J connectivity index is 2.06. The van der Waals surface area contributed by atoms with Crippen molar-refractivity contribution in [3.05, 3.63) is 53.9 Å². The standard InChI is InChI=1S/C15H17N3O2/c1-2-3-11-4-6-12(7-5-11)20-13-8-9-14(17-10-13)15(16)18-19/h4-10,19H,2-3H2,1H3,(H2,16,18). The van der Waals surface area contributed by atoms with Crippen LogP contribution in [0.2, 0.25) is 0 Å². The van der Waals surface area contributed by atoms with Gasteiger partial charge in [0.25, 0.3) is 0 Å².